The molecule has 0 aliphatic carbocycles. The van der Waals surface area contributed by atoms with Crippen LogP contribution in [0.4, 0.5) is 0 Å². The first-order chi connectivity index (χ1) is 8.10. The number of amides is 1. The second-order valence-electron chi connectivity index (χ2n) is 4.06. The highest BCUT2D eigenvalue weighted by Gasteiger charge is 2.15. The Kier molecular flexibility index (Phi) is 5.95. The van der Waals surface area contributed by atoms with Gasteiger partial charge < -0.3 is 10.4 Å². The van der Waals surface area contributed by atoms with Crippen molar-refractivity contribution in [1.29, 1.82) is 0 Å². The number of carbonyl (C=O) groups is 1. The van der Waals surface area contributed by atoms with E-state index in [1.165, 1.54) is 11.3 Å². The summed E-state index contributed by atoms with van der Waals surface area (Å²) in [5, 5.41) is 14.2. The lowest BCUT2D eigenvalue weighted by Gasteiger charge is -2.13. The summed E-state index contributed by atoms with van der Waals surface area (Å²) >= 11 is 7.39. The summed E-state index contributed by atoms with van der Waals surface area (Å²) in [6.07, 6.45) is 1.66. The molecule has 17 heavy (non-hydrogen) atoms. The zero-order chi connectivity index (χ0) is 12.8. The number of carbonyl (C=O) groups excluding carboxylic acids is 1. The molecule has 3 nitrogen and oxygen atoms in total. The number of aliphatic hydroxyl groups is 1. The van der Waals surface area contributed by atoms with Crippen LogP contribution in [0, 0.1) is 12.8 Å². The van der Waals surface area contributed by atoms with E-state index in [-0.39, 0.29) is 12.5 Å². The first kappa shape index (κ1) is 14.5. The second kappa shape index (κ2) is 6.99. The third-order valence-electron chi connectivity index (χ3n) is 2.77. The van der Waals surface area contributed by atoms with Crippen LogP contribution in [-0.4, -0.2) is 24.2 Å². The molecule has 0 spiro atoms. The standard InChI is InChI=1S/C12H18ClNO2S/c1-3-9(4-5-15)6-14-12(16)11-10(13)8(2)7-17-11/h7,9,15H,3-6H2,1-2H3,(H,14,16). The SMILES string of the molecule is CCC(CCO)CNC(=O)c1scc(C)c1Cl. The number of hydrogen-bond donors (Lipinski definition) is 2. The fourth-order valence-corrected chi connectivity index (χ4v) is 2.73. The zero-order valence-electron chi connectivity index (χ0n) is 10.1. The van der Waals surface area contributed by atoms with Gasteiger partial charge >= 0.3 is 0 Å². The van der Waals surface area contributed by atoms with Crippen LogP contribution >= 0.6 is 22.9 Å². The molecule has 0 aromatic carbocycles. The van der Waals surface area contributed by atoms with Crippen molar-refractivity contribution in [2.75, 3.05) is 13.2 Å². The molecule has 0 fully saturated rings. The van der Waals surface area contributed by atoms with Gasteiger partial charge in [-0.05, 0) is 30.2 Å². The van der Waals surface area contributed by atoms with Gasteiger partial charge in [-0.15, -0.1) is 11.3 Å². The molecule has 1 atom stereocenters. The van der Waals surface area contributed by atoms with E-state index in [0.29, 0.717) is 28.8 Å². The molecule has 1 unspecified atom stereocenters. The Morgan fingerprint density at radius 1 is 1.65 bits per heavy atom. The first-order valence-electron chi connectivity index (χ1n) is 5.72. The van der Waals surface area contributed by atoms with E-state index in [1.54, 1.807) is 0 Å². The Balaban J connectivity index is 2.52. The Morgan fingerprint density at radius 2 is 2.35 bits per heavy atom. The maximum absolute atomic E-state index is 11.9. The third-order valence-corrected chi connectivity index (χ3v) is 4.47. The molecule has 0 aliphatic rings. The van der Waals surface area contributed by atoms with Crippen LogP contribution in [0.1, 0.15) is 35.0 Å². The topological polar surface area (TPSA) is 49.3 Å². The lowest BCUT2D eigenvalue weighted by molar-refractivity contribution is 0.0947. The molecule has 0 bridgehead atoms. The minimum atomic E-state index is -0.121. The number of thiophene rings is 1. The summed E-state index contributed by atoms with van der Waals surface area (Å²) in [4.78, 5) is 12.4. The maximum atomic E-state index is 11.9. The highest BCUT2D eigenvalue weighted by Crippen LogP contribution is 2.26. The Labute approximate surface area is 111 Å². The summed E-state index contributed by atoms with van der Waals surface area (Å²) in [7, 11) is 0. The minimum Gasteiger partial charge on any atom is -0.396 e. The van der Waals surface area contributed by atoms with Gasteiger partial charge in [-0.25, -0.2) is 0 Å². The van der Waals surface area contributed by atoms with E-state index in [4.69, 9.17) is 16.7 Å². The first-order valence-corrected chi connectivity index (χ1v) is 6.98. The fraction of sp³-hybridized carbons (Fsp3) is 0.583. The molecule has 0 saturated heterocycles. The quantitative estimate of drug-likeness (QED) is 0.839. The van der Waals surface area contributed by atoms with Gasteiger partial charge in [-0.3, -0.25) is 4.79 Å². The molecular formula is C12H18ClNO2S. The van der Waals surface area contributed by atoms with E-state index < -0.39 is 0 Å². The molecule has 1 rings (SSSR count). The number of rotatable bonds is 6. The molecular weight excluding hydrogens is 258 g/mol. The number of halogens is 1. The predicted molar refractivity (Wildman–Crippen MR) is 71.9 cm³/mol. The lowest BCUT2D eigenvalue weighted by atomic mass is 10.0. The molecule has 1 amide bonds. The van der Waals surface area contributed by atoms with Crippen molar-refractivity contribution in [3.05, 3.63) is 20.8 Å². The fourth-order valence-electron chi connectivity index (χ4n) is 1.53. The van der Waals surface area contributed by atoms with Crippen molar-refractivity contribution >= 4 is 28.8 Å². The van der Waals surface area contributed by atoms with Crippen molar-refractivity contribution < 1.29 is 9.90 Å². The minimum absolute atomic E-state index is 0.121. The van der Waals surface area contributed by atoms with Crippen LogP contribution in [0.3, 0.4) is 0 Å². The molecule has 1 heterocycles. The molecule has 5 heteroatoms. The summed E-state index contributed by atoms with van der Waals surface area (Å²) in [6, 6.07) is 0. The van der Waals surface area contributed by atoms with Gasteiger partial charge in [0.05, 0.1) is 5.02 Å². The number of nitrogens with one attached hydrogen (secondary N) is 1. The zero-order valence-corrected chi connectivity index (χ0v) is 11.7. The highest BCUT2D eigenvalue weighted by atomic mass is 35.5. The van der Waals surface area contributed by atoms with Crippen molar-refractivity contribution in [3.8, 4) is 0 Å². The van der Waals surface area contributed by atoms with Gasteiger partial charge in [-0.1, -0.05) is 24.9 Å². The van der Waals surface area contributed by atoms with Gasteiger partial charge in [0.15, 0.2) is 0 Å². The summed E-state index contributed by atoms with van der Waals surface area (Å²) < 4.78 is 0. The maximum Gasteiger partial charge on any atom is 0.262 e. The molecule has 0 aliphatic heterocycles. The van der Waals surface area contributed by atoms with Crippen LogP contribution in [-0.2, 0) is 0 Å². The molecule has 2 N–H and O–H groups in total. The average Bonchev–Trinajstić information content (AvgIpc) is 2.65. The van der Waals surface area contributed by atoms with Crippen molar-refractivity contribution in [1.82, 2.24) is 5.32 Å². The molecule has 0 saturated carbocycles. The van der Waals surface area contributed by atoms with Gasteiger partial charge in [-0.2, -0.15) is 0 Å². The monoisotopic (exact) mass is 275 g/mol. The molecule has 1 aromatic rings. The van der Waals surface area contributed by atoms with Gasteiger partial charge in [0.1, 0.15) is 4.88 Å². The van der Waals surface area contributed by atoms with Crippen LogP contribution in [0.15, 0.2) is 5.38 Å². The van der Waals surface area contributed by atoms with Crippen LogP contribution in [0.25, 0.3) is 0 Å². The van der Waals surface area contributed by atoms with E-state index in [0.717, 1.165) is 12.0 Å². The number of hydrogen-bond acceptors (Lipinski definition) is 3. The summed E-state index contributed by atoms with van der Waals surface area (Å²) in [5.74, 6) is 0.202. The summed E-state index contributed by atoms with van der Waals surface area (Å²) in [5.41, 5.74) is 0.934. The third kappa shape index (κ3) is 3.98. The van der Waals surface area contributed by atoms with Gasteiger partial charge in [0.25, 0.3) is 5.91 Å². The van der Waals surface area contributed by atoms with Crippen molar-refractivity contribution in [2.24, 2.45) is 5.92 Å². The van der Waals surface area contributed by atoms with Crippen molar-refractivity contribution in [2.45, 2.75) is 26.7 Å². The summed E-state index contributed by atoms with van der Waals surface area (Å²) in [6.45, 7) is 4.68. The van der Waals surface area contributed by atoms with Crippen molar-refractivity contribution in [3.63, 3.8) is 0 Å². The van der Waals surface area contributed by atoms with Gasteiger partial charge in [0.2, 0.25) is 0 Å². The largest absolute Gasteiger partial charge is 0.396 e. The van der Waals surface area contributed by atoms with E-state index >= 15 is 0 Å². The average molecular weight is 276 g/mol. The normalized spacial score (nSPS) is 12.5. The van der Waals surface area contributed by atoms with Crippen LogP contribution < -0.4 is 5.32 Å². The van der Waals surface area contributed by atoms with Crippen LogP contribution in [0.2, 0.25) is 5.02 Å². The molecule has 1 aromatic heterocycles. The van der Waals surface area contributed by atoms with Gasteiger partial charge in [0, 0.05) is 13.2 Å². The number of aliphatic hydroxyl groups excluding tert-OH is 1. The number of aryl methyl sites for hydroxylation is 1. The Morgan fingerprint density at radius 3 is 2.82 bits per heavy atom. The second-order valence-corrected chi connectivity index (χ2v) is 5.32. The lowest BCUT2D eigenvalue weighted by Crippen LogP contribution is -2.29. The van der Waals surface area contributed by atoms with E-state index in [9.17, 15) is 4.79 Å². The van der Waals surface area contributed by atoms with E-state index in [1.807, 2.05) is 12.3 Å². The molecule has 96 valence electrons. The Hall–Kier alpha value is -0.580. The predicted octanol–water partition coefficient (Wildman–Crippen LogP) is 2.85. The van der Waals surface area contributed by atoms with Crippen LogP contribution in [0.5, 0.6) is 0 Å². The highest BCUT2D eigenvalue weighted by molar-refractivity contribution is 7.13. The molecule has 0 radical (unpaired) electrons. The Bertz CT molecular complexity index is 379. The van der Waals surface area contributed by atoms with E-state index in [2.05, 4.69) is 12.2 Å². The smallest absolute Gasteiger partial charge is 0.262 e.